The van der Waals surface area contributed by atoms with E-state index in [1.165, 1.54) is 12.3 Å². The third-order valence-corrected chi connectivity index (χ3v) is 4.71. The number of nitrogen functional groups attached to an aromatic ring is 1. The molecular formula is C9H15ClN4O2S2. The first-order valence-electron chi connectivity index (χ1n) is 5.04. The van der Waals surface area contributed by atoms with Crippen LogP contribution < -0.4 is 16.0 Å². The van der Waals surface area contributed by atoms with E-state index in [0.717, 1.165) is 0 Å². The van der Waals surface area contributed by atoms with E-state index in [-0.39, 0.29) is 21.8 Å². The number of nitrogens with one attached hydrogen (secondary N) is 2. The fourth-order valence-corrected chi connectivity index (χ4v) is 3.48. The van der Waals surface area contributed by atoms with Gasteiger partial charge < -0.3 is 5.43 Å². The fraction of sp³-hybridized carbons (Fsp3) is 0.444. The lowest BCUT2D eigenvalue weighted by Gasteiger charge is -2.13. The van der Waals surface area contributed by atoms with Gasteiger partial charge in [0.25, 0.3) is 0 Å². The number of nitrogens with two attached hydrogens (primary N) is 1. The maximum atomic E-state index is 12.0. The second-order valence-corrected chi connectivity index (χ2v) is 6.66. The number of pyridine rings is 1. The molecule has 0 amide bonds. The van der Waals surface area contributed by atoms with Gasteiger partial charge in [0.1, 0.15) is 4.90 Å². The molecule has 1 heterocycles. The van der Waals surface area contributed by atoms with Crippen LogP contribution in [0.4, 0.5) is 5.82 Å². The molecule has 0 saturated heterocycles. The van der Waals surface area contributed by atoms with Crippen molar-refractivity contribution in [2.45, 2.75) is 17.9 Å². The molecule has 4 N–H and O–H groups in total. The highest BCUT2D eigenvalue weighted by Gasteiger charge is 2.18. The second-order valence-electron chi connectivity index (χ2n) is 3.62. The van der Waals surface area contributed by atoms with E-state index < -0.39 is 10.0 Å². The van der Waals surface area contributed by atoms with Crippen LogP contribution in [-0.4, -0.2) is 31.5 Å². The number of hydrogen-bond donors (Lipinski definition) is 3. The van der Waals surface area contributed by atoms with Crippen molar-refractivity contribution in [2.75, 3.05) is 17.4 Å². The highest BCUT2D eigenvalue weighted by molar-refractivity contribution is 7.98. The number of aromatic nitrogens is 1. The van der Waals surface area contributed by atoms with Crippen molar-refractivity contribution in [3.63, 3.8) is 0 Å². The van der Waals surface area contributed by atoms with Gasteiger partial charge in [0.05, 0.1) is 5.02 Å². The fourth-order valence-electron chi connectivity index (χ4n) is 1.29. The Balaban J connectivity index is 2.95. The molecule has 1 unspecified atom stereocenters. The van der Waals surface area contributed by atoms with Crippen molar-refractivity contribution in [3.05, 3.63) is 17.3 Å². The predicted octanol–water partition coefficient (Wildman–Crippen LogP) is 1.05. The Morgan fingerprint density at radius 1 is 1.61 bits per heavy atom. The number of nitrogens with zero attached hydrogens (tertiary/aromatic N) is 1. The summed E-state index contributed by atoms with van der Waals surface area (Å²) in [6.45, 7) is 1.79. The molecule has 1 aromatic rings. The molecule has 1 aromatic heterocycles. The molecule has 1 rings (SSSR count). The summed E-state index contributed by atoms with van der Waals surface area (Å²) >= 11 is 7.39. The Bertz CT molecular complexity index is 509. The summed E-state index contributed by atoms with van der Waals surface area (Å²) in [5.41, 5.74) is 2.27. The normalized spacial score (nSPS) is 13.3. The molecule has 0 radical (unpaired) electrons. The average Bonchev–Trinajstić information content (AvgIpc) is 2.28. The van der Waals surface area contributed by atoms with Gasteiger partial charge in [-0.25, -0.2) is 24.0 Å². The predicted molar refractivity (Wildman–Crippen MR) is 75.2 cm³/mol. The first kappa shape index (κ1) is 15.5. The maximum Gasteiger partial charge on any atom is 0.242 e. The summed E-state index contributed by atoms with van der Waals surface area (Å²) in [6, 6.07) is 1.13. The summed E-state index contributed by atoms with van der Waals surface area (Å²) < 4.78 is 26.5. The molecule has 9 heteroatoms. The Labute approximate surface area is 116 Å². The largest absolute Gasteiger partial charge is 0.307 e. The van der Waals surface area contributed by atoms with Gasteiger partial charge in [-0.2, -0.15) is 11.8 Å². The van der Waals surface area contributed by atoms with E-state index in [0.29, 0.717) is 5.75 Å². The number of anilines is 1. The van der Waals surface area contributed by atoms with Crippen LogP contribution in [0.5, 0.6) is 0 Å². The molecule has 0 aliphatic rings. The molecule has 0 spiro atoms. The summed E-state index contributed by atoms with van der Waals surface area (Å²) in [5, 5.41) is 0.151. The van der Waals surface area contributed by atoms with Crippen LogP contribution in [0.25, 0.3) is 0 Å². The monoisotopic (exact) mass is 310 g/mol. The number of hydrogen-bond acceptors (Lipinski definition) is 6. The summed E-state index contributed by atoms with van der Waals surface area (Å²) in [7, 11) is -3.61. The first-order valence-corrected chi connectivity index (χ1v) is 8.29. The lowest BCUT2D eigenvalue weighted by atomic mass is 10.4. The second kappa shape index (κ2) is 6.58. The highest BCUT2D eigenvalue weighted by atomic mass is 35.5. The van der Waals surface area contributed by atoms with Crippen molar-refractivity contribution in [1.82, 2.24) is 9.71 Å². The first-order chi connectivity index (χ1) is 8.40. The zero-order chi connectivity index (χ0) is 13.8. The summed E-state index contributed by atoms with van der Waals surface area (Å²) in [4.78, 5) is 3.84. The summed E-state index contributed by atoms with van der Waals surface area (Å²) in [5.74, 6) is 6.08. The van der Waals surface area contributed by atoms with E-state index in [2.05, 4.69) is 15.1 Å². The average molecular weight is 311 g/mol. The zero-order valence-electron chi connectivity index (χ0n) is 9.97. The van der Waals surface area contributed by atoms with Crippen LogP contribution in [0, 0.1) is 0 Å². The number of rotatable bonds is 6. The van der Waals surface area contributed by atoms with Crippen LogP contribution in [-0.2, 0) is 10.0 Å². The van der Waals surface area contributed by atoms with Crippen molar-refractivity contribution in [2.24, 2.45) is 5.84 Å². The van der Waals surface area contributed by atoms with Gasteiger partial charge in [-0.05, 0) is 19.2 Å². The van der Waals surface area contributed by atoms with E-state index in [9.17, 15) is 8.42 Å². The molecular weight excluding hydrogens is 296 g/mol. The van der Waals surface area contributed by atoms with Gasteiger partial charge in [-0.15, -0.1) is 0 Å². The molecule has 0 bridgehead atoms. The van der Waals surface area contributed by atoms with Crippen LogP contribution in [0.2, 0.25) is 5.02 Å². The van der Waals surface area contributed by atoms with Crippen LogP contribution in [0.1, 0.15) is 6.92 Å². The van der Waals surface area contributed by atoms with Crippen LogP contribution in [0.15, 0.2) is 17.2 Å². The quantitative estimate of drug-likeness (QED) is 0.537. The highest BCUT2D eigenvalue weighted by Crippen LogP contribution is 2.21. The van der Waals surface area contributed by atoms with E-state index in [1.807, 2.05) is 6.26 Å². The molecule has 0 aliphatic heterocycles. The maximum absolute atomic E-state index is 12.0. The molecule has 102 valence electrons. The van der Waals surface area contributed by atoms with Crippen molar-refractivity contribution >= 4 is 39.2 Å². The zero-order valence-corrected chi connectivity index (χ0v) is 12.4. The van der Waals surface area contributed by atoms with Crippen LogP contribution >= 0.6 is 23.4 Å². The SMILES string of the molecule is CSCC(C)NS(=O)(=O)c1cnc(NN)c(Cl)c1. The number of hydrazine groups is 1. The van der Waals surface area contributed by atoms with E-state index in [4.69, 9.17) is 17.4 Å². The Morgan fingerprint density at radius 2 is 2.28 bits per heavy atom. The molecule has 0 saturated carbocycles. The van der Waals surface area contributed by atoms with Crippen molar-refractivity contribution in [1.29, 1.82) is 0 Å². The topological polar surface area (TPSA) is 97.1 Å². The molecule has 1 atom stereocenters. The Hall–Kier alpha value is -0.540. The van der Waals surface area contributed by atoms with Gasteiger partial charge in [-0.1, -0.05) is 11.6 Å². The van der Waals surface area contributed by atoms with Gasteiger partial charge in [0.2, 0.25) is 10.0 Å². The van der Waals surface area contributed by atoms with Gasteiger partial charge in [-0.3, -0.25) is 0 Å². The molecule has 0 aromatic carbocycles. The standard InChI is InChI=1S/C9H15ClN4O2S2/c1-6(5-17-2)14-18(15,16)7-3-8(10)9(13-11)12-4-7/h3-4,6,14H,5,11H2,1-2H3,(H,12,13). The minimum atomic E-state index is -3.61. The molecule has 0 aliphatic carbocycles. The van der Waals surface area contributed by atoms with Gasteiger partial charge >= 0.3 is 0 Å². The molecule has 18 heavy (non-hydrogen) atoms. The van der Waals surface area contributed by atoms with Crippen LogP contribution in [0.3, 0.4) is 0 Å². The molecule has 0 fully saturated rings. The molecule has 6 nitrogen and oxygen atoms in total. The Kier molecular flexibility index (Phi) is 5.67. The number of sulfonamides is 1. The smallest absolute Gasteiger partial charge is 0.242 e. The third-order valence-electron chi connectivity index (χ3n) is 2.04. The minimum absolute atomic E-state index is 0.0134. The summed E-state index contributed by atoms with van der Waals surface area (Å²) in [6.07, 6.45) is 3.11. The van der Waals surface area contributed by atoms with Crippen molar-refractivity contribution in [3.8, 4) is 0 Å². The van der Waals surface area contributed by atoms with E-state index >= 15 is 0 Å². The van der Waals surface area contributed by atoms with E-state index in [1.54, 1.807) is 18.7 Å². The number of halogens is 1. The van der Waals surface area contributed by atoms with Gasteiger partial charge in [0, 0.05) is 18.0 Å². The van der Waals surface area contributed by atoms with Gasteiger partial charge in [0.15, 0.2) is 5.82 Å². The third kappa shape index (κ3) is 3.99. The Morgan fingerprint density at radius 3 is 2.78 bits per heavy atom. The minimum Gasteiger partial charge on any atom is -0.307 e. The lowest BCUT2D eigenvalue weighted by Crippen LogP contribution is -2.34. The lowest BCUT2D eigenvalue weighted by molar-refractivity contribution is 0.570. The number of thioether (sulfide) groups is 1. The van der Waals surface area contributed by atoms with Crippen molar-refractivity contribution < 1.29 is 8.42 Å².